The van der Waals surface area contributed by atoms with Crippen LogP contribution in [0.5, 0.6) is 5.75 Å². The second kappa shape index (κ2) is 7.37. The van der Waals surface area contributed by atoms with E-state index in [-0.39, 0.29) is 11.8 Å². The minimum atomic E-state index is -0.265. The molecule has 2 heterocycles. The Bertz CT molecular complexity index is 1100. The maximum Gasteiger partial charge on any atom is 0.147 e. The largest absolute Gasteiger partial charge is 0.505 e. The smallest absolute Gasteiger partial charge is 0.147 e. The highest BCUT2D eigenvalue weighted by atomic mass is 79.9. The average molecular weight is 420 g/mol. The molecule has 2 N–H and O–H groups in total. The first-order valence-corrected chi connectivity index (χ1v) is 9.43. The third-order valence-electron chi connectivity index (χ3n) is 4.47. The minimum absolute atomic E-state index is 0.182. The van der Waals surface area contributed by atoms with Crippen molar-refractivity contribution in [3.05, 3.63) is 94.2 Å². The van der Waals surface area contributed by atoms with Gasteiger partial charge < -0.3 is 10.4 Å². The minimum Gasteiger partial charge on any atom is -0.505 e. The van der Waals surface area contributed by atoms with Gasteiger partial charge in [-0.05, 0) is 42.8 Å². The summed E-state index contributed by atoms with van der Waals surface area (Å²) in [7, 11) is 0. The number of pyridine rings is 2. The van der Waals surface area contributed by atoms with Crippen LogP contribution in [-0.4, -0.2) is 15.1 Å². The highest BCUT2D eigenvalue weighted by Crippen LogP contribution is 2.36. The van der Waals surface area contributed by atoms with Gasteiger partial charge in [-0.15, -0.1) is 0 Å². The fourth-order valence-corrected chi connectivity index (χ4v) is 3.41. The number of halogens is 1. The second-order valence-electron chi connectivity index (χ2n) is 6.37. The molecule has 4 rings (SSSR count). The third-order valence-corrected chi connectivity index (χ3v) is 5.00. The number of nitrogens with zero attached hydrogens (tertiary/aromatic N) is 2. The van der Waals surface area contributed by atoms with Crippen molar-refractivity contribution in [3.8, 4) is 5.75 Å². The van der Waals surface area contributed by atoms with Gasteiger partial charge in [-0.1, -0.05) is 52.3 Å². The second-order valence-corrected chi connectivity index (χ2v) is 7.29. The Labute approximate surface area is 166 Å². The Morgan fingerprint density at radius 2 is 1.78 bits per heavy atom. The van der Waals surface area contributed by atoms with Crippen molar-refractivity contribution in [2.75, 3.05) is 5.32 Å². The highest BCUT2D eigenvalue weighted by molar-refractivity contribution is 9.10. The summed E-state index contributed by atoms with van der Waals surface area (Å²) in [6.45, 7) is 1.96. The molecule has 0 spiro atoms. The fraction of sp³-hybridized carbons (Fsp3) is 0.0909. The van der Waals surface area contributed by atoms with Gasteiger partial charge in [-0.25, -0.2) is 4.98 Å². The quantitative estimate of drug-likeness (QED) is 0.451. The topological polar surface area (TPSA) is 58.0 Å². The first kappa shape index (κ1) is 17.5. The maximum absolute atomic E-state index is 10.9. The Hall–Kier alpha value is -2.92. The van der Waals surface area contributed by atoms with Gasteiger partial charge in [0.2, 0.25) is 0 Å². The molecule has 27 heavy (non-hydrogen) atoms. The molecule has 0 bridgehead atoms. The lowest BCUT2D eigenvalue weighted by Gasteiger charge is -2.22. The molecule has 0 fully saturated rings. The van der Waals surface area contributed by atoms with E-state index in [0.717, 1.165) is 32.5 Å². The summed E-state index contributed by atoms with van der Waals surface area (Å²) in [5, 5.41) is 15.3. The van der Waals surface area contributed by atoms with Crippen molar-refractivity contribution in [1.29, 1.82) is 0 Å². The van der Waals surface area contributed by atoms with E-state index in [9.17, 15) is 5.11 Å². The van der Waals surface area contributed by atoms with E-state index in [0.29, 0.717) is 5.52 Å². The number of aromatic hydroxyl groups is 1. The predicted octanol–water partition coefficient (Wildman–Crippen LogP) is 5.61. The molecular formula is C22H18BrN3O. The number of nitrogens with one attached hydrogen (secondary N) is 1. The Kier molecular flexibility index (Phi) is 4.77. The SMILES string of the molecule is Cc1cccc(N[C@H](c2ccc(Br)cc2)c2ccc3cccnc3c2O)n1. The number of rotatable bonds is 4. The zero-order valence-electron chi connectivity index (χ0n) is 14.7. The summed E-state index contributed by atoms with van der Waals surface area (Å²) >= 11 is 3.48. The molecule has 134 valence electrons. The Morgan fingerprint density at radius 3 is 2.56 bits per heavy atom. The van der Waals surface area contributed by atoms with E-state index in [2.05, 4.69) is 31.2 Å². The molecule has 0 saturated heterocycles. The van der Waals surface area contributed by atoms with Crippen molar-refractivity contribution < 1.29 is 5.11 Å². The van der Waals surface area contributed by atoms with E-state index < -0.39 is 0 Å². The first-order chi connectivity index (χ1) is 13.1. The summed E-state index contributed by atoms with van der Waals surface area (Å²) in [6.07, 6.45) is 1.69. The molecule has 5 heteroatoms. The molecule has 0 aliphatic carbocycles. The van der Waals surface area contributed by atoms with Crippen molar-refractivity contribution in [2.24, 2.45) is 0 Å². The van der Waals surface area contributed by atoms with Crippen LogP contribution in [-0.2, 0) is 0 Å². The summed E-state index contributed by atoms with van der Waals surface area (Å²) in [5.41, 5.74) is 3.30. The number of aromatic nitrogens is 2. The first-order valence-electron chi connectivity index (χ1n) is 8.64. The van der Waals surface area contributed by atoms with Crippen LogP contribution in [0.1, 0.15) is 22.9 Å². The number of hydrogen-bond donors (Lipinski definition) is 2. The number of fused-ring (bicyclic) bond motifs is 1. The third kappa shape index (κ3) is 3.64. The number of aryl methyl sites for hydroxylation is 1. The van der Waals surface area contributed by atoms with Gasteiger partial charge in [0, 0.05) is 27.3 Å². The molecule has 0 aliphatic rings. The van der Waals surface area contributed by atoms with E-state index in [1.807, 2.05) is 73.7 Å². The van der Waals surface area contributed by atoms with Crippen LogP contribution in [0.4, 0.5) is 5.82 Å². The normalized spacial score (nSPS) is 12.1. The van der Waals surface area contributed by atoms with E-state index in [1.54, 1.807) is 6.20 Å². The maximum atomic E-state index is 10.9. The molecule has 4 aromatic rings. The van der Waals surface area contributed by atoms with E-state index >= 15 is 0 Å². The number of benzene rings is 2. The zero-order valence-corrected chi connectivity index (χ0v) is 16.3. The fourth-order valence-electron chi connectivity index (χ4n) is 3.15. The van der Waals surface area contributed by atoms with Gasteiger partial charge in [-0.3, -0.25) is 4.98 Å². The summed E-state index contributed by atoms with van der Waals surface area (Å²) in [5.74, 6) is 0.935. The molecule has 1 atom stereocenters. The molecule has 2 aromatic heterocycles. The molecule has 0 unspecified atom stereocenters. The van der Waals surface area contributed by atoms with Crippen molar-refractivity contribution in [3.63, 3.8) is 0 Å². The molecule has 0 amide bonds. The lowest BCUT2D eigenvalue weighted by molar-refractivity contribution is 0.471. The van der Waals surface area contributed by atoms with Crippen LogP contribution in [0, 0.1) is 6.92 Å². The molecule has 0 aliphatic heterocycles. The van der Waals surface area contributed by atoms with Gasteiger partial charge in [-0.2, -0.15) is 0 Å². The molecule has 4 nitrogen and oxygen atoms in total. The Morgan fingerprint density at radius 1 is 0.963 bits per heavy atom. The van der Waals surface area contributed by atoms with E-state index in [4.69, 9.17) is 0 Å². The van der Waals surface area contributed by atoms with Gasteiger partial charge >= 0.3 is 0 Å². The number of phenolic OH excluding ortho intramolecular Hbond substituents is 1. The van der Waals surface area contributed by atoms with Crippen LogP contribution in [0.25, 0.3) is 10.9 Å². The van der Waals surface area contributed by atoms with Gasteiger partial charge in [0.25, 0.3) is 0 Å². The number of anilines is 1. The lowest BCUT2D eigenvalue weighted by atomic mass is 9.96. The highest BCUT2D eigenvalue weighted by Gasteiger charge is 2.20. The van der Waals surface area contributed by atoms with E-state index in [1.165, 1.54) is 0 Å². The van der Waals surface area contributed by atoms with Crippen molar-refractivity contribution in [2.45, 2.75) is 13.0 Å². The van der Waals surface area contributed by atoms with Crippen LogP contribution in [0.2, 0.25) is 0 Å². The predicted molar refractivity (Wildman–Crippen MR) is 112 cm³/mol. The van der Waals surface area contributed by atoms with Crippen molar-refractivity contribution >= 4 is 32.7 Å². The Balaban J connectivity index is 1.84. The lowest BCUT2D eigenvalue weighted by Crippen LogP contribution is -2.14. The van der Waals surface area contributed by atoms with Gasteiger partial charge in [0.15, 0.2) is 0 Å². The number of hydrogen-bond acceptors (Lipinski definition) is 4. The van der Waals surface area contributed by atoms with Gasteiger partial charge in [0.05, 0.1) is 6.04 Å². The number of phenols is 1. The van der Waals surface area contributed by atoms with Gasteiger partial charge in [0.1, 0.15) is 17.1 Å². The summed E-state index contributed by atoms with van der Waals surface area (Å²) in [6, 6.07) is 21.3. The van der Waals surface area contributed by atoms with Crippen LogP contribution >= 0.6 is 15.9 Å². The van der Waals surface area contributed by atoms with Crippen LogP contribution < -0.4 is 5.32 Å². The standard InChI is InChI=1S/C22H18BrN3O/c1-14-4-2-6-19(25-14)26-20(16-7-10-17(23)11-8-16)18-12-9-15-5-3-13-24-21(15)22(18)27/h2-13,20,27H,1H3,(H,25,26)/t20-/m1/s1. The monoisotopic (exact) mass is 419 g/mol. The molecule has 0 saturated carbocycles. The summed E-state index contributed by atoms with van der Waals surface area (Å²) < 4.78 is 1.00. The summed E-state index contributed by atoms with van der Waals surface area (Å²) in [4.78, 5) is 8.91. The zero-order chi connectivity index (χ0) is 18.8. The molecule has 2 aromatic carbocycles. The molecular weight excluding hydrogens is 402 g/mol. The van der Waals surface area contributed by atoms with Crippen LogP contribution in [0.15, 0.2) is 77.4 Å². The van der Waals surface area contributed by atoms with Crippen molar-refractivity contribution in [1.82, 2.24) is 9.97 Å². The molecule has 0 radical (unpaired) electrons. The van der Waals surface area contributed by atoms with Crippen LogP contribution in [0.3, 0.4) is 0 Å². The average Bonchev–Trinajstić information content (AvgIpc) is 2.68.